The Bertz CT molecular complexity index is 905. The summed E-state index contributed by atoms with van der Waals surface area (Å²) in [5, 5.41) is 2.42. The van der Waals surface area contributed by atoms with Gasteiger partial charge in [-0.1, -0.05) is 6.07 Å². The Morgan fingerprint density at radius 3 is 2.49 bits per heavy atom. The summed E-state index contributed by atoms with van der Waals surface area (Å²) in [6, 6.07) is 3.98. The van der Waals surface area contributed by atoms with Crippen LogP contribution in [0.2, 0.25) is 0 Å². The zero-order chi connectivity index (χ0) is 25.0. The summed E-state index contributed by atoms with van der Waals surface area (Å²) in [6.07, 6.45) is 5.62. The average molecular weight is 486 g/mol. The van der Waals surface area contributed by atoms with Gasteiger partial charge in [-0.15, -0.1) is 0 Å². The number of ether oxygens (including phenoxy) is 1. The van der Waals surface area contributed by atoms with Crippen LogP contribution in [0.4, 0.5) is 10.6 Å². The lowest BCUT2D eigenvalue weighted by atomic mass is 9.92. The maximum atomic E-state index is 12.3. The zero-order valence-electron chi connectivity index (χ0n) is 21.3. The molecule has 35 heavy (non-hydrogen) atoms. The molecular formula is C26H39N5O4. The van der Waals surface area contributed by atoms with E-state index in [4.69, 9.17) is 4.74 Å². The molecule has 4 heterocycles. The lowest BCUT2D eigenvalue weighted by Gasteiger charge is -2.35. The molecule has 0 saturated carbocycles. The number of imide groups is 1. The van der Waals surface area contributed by atoms with E-state index in [-0.39, 0.29) is 23.8 Å². The van der Waals surface area contributed by atoms with Crippen LogP contribution in [0.1, 0.15) is 64.4 Å². The normalized spacial score (nSPS) is 23.1. The van der Waals surface area contributed by atoms with E-state index in [1.165, 1.54) is 0 Å². The van der Waals surface area contributed by atoms with Crippen molar-refractivity contribution in [3.8, 4) is 0 Å². The Morgan fingerprint density at radius 1 is 1.06 bits per heavy atom. The SMILES string of the molecule is CC(C)(C)OC(=O)N1CCC(CN2CCCN(c3ccc(C4CCC(=O)NC4=O)cn3)CC2)CC1. The summed E-state index contributed by atoms with van der Waals surface area (Å²) in [4.78, 5) is 47.2. The smallest absolute Gasteiger partial charge is 0.410 e. The van der Waals surface area contributed by atoms with Crippen molar-refractivity contribution in [1.29, 1.82) is 0 Å². The van der Waals surface area contributed by atoms with Crippen LogP contribution in [0.15, 0.2) is 18.3 Å². The second kappa shape index (κ2) is 10.9. The van der Waals surface area contributed by atoms with Crippen LogP contribution < -0.4 is 10.2 Å². The predicted octanol–water partition coefficient (Wildman–Crippen LogP) is 2.76. The van der Waals surface area contributed by atoms with Crippen LogP contribution in [-0.4, -0.2) is 84.1 Å². The van der Waals surface area contributed by atoms with E-state index in [0.29, 0.717) is 18.8 Å². The van der Waals surface area contributed by atoms with E-state index in [2.05, 4.69) is 20.1 Å². The molecule has 3 saturated heterocycles. The van der Waals surface area contributed by atoms with Crippen molar-refractivity contribution in [3.63, 3.8) is 0 Å². The summed E-state index contributed by atoms with van der Waals surface area (Å²) >= 11 is 0. The van der Waals surface area contributed by atoms with E-state index in [0.717, 1.165) is 76.5 Å². The van der Waals surface area contributed by atoms with Crippen molar-refractivity contribution >= 4 is 23.7 Å². The highest BCUT2D eigenvalue weighted by atomic mass is 16.6. The van der Waals surface area contributed by atoms with Crippen LogP contribution in [0.3, 0.4) is 0 Å². The second-order valence-corrected chi connectivity index (χ2v) is 11.0. The van der Waals surface area contributed by atoms with Crippen LogP contribution in [-0.2, 0) is 14.3 Å². The number of rotatable bonds is 4. The molecule has 0 radical (unpaired) electrons. The summed E-state index contributed by atoms with van der Waals surface area (Å²) in [7, 11) is 0. The van der Waals surface area contributed by atoms with Crippen LogP contribution in [0.5, 0.6) is 0 Å². The van der Waals surface area contributed by atoms with Crippen molar-refractivity contribution in [3.05, 3.63) is 23.9 Å². The minimum atomic E-state index is -0.452. The Hall–Kier alpha value is -2.68. The van der Waals surface area contributed by atoms with Gasteiger partial charge in [0.05, 0.1) is 5.92 Å². The van der Waals surface area contributed by atoms with Gasteiger partial charge < -0.3 is 19.4 Å². The van der Waals surface area contributed by atoms with Gasteiger partial charge in [-0.25, -0.2) is 9.78 Å². The van der Waals surface area contributed by atoms with Gasteiger partial charge in [0.15, 0.2) is 0 Å². The van der Waals surface area contributed by atoms with Gasteiger partial charge in [0.25, 0.3) is 0 Å². The third-order valence-corrected chi connectivity index (χ3v) is 7.11. The summed E-state index contributed by atoms with van der Waals surface area (Å²) in [5.41, 5.74) is 0.416. The summed E-state index contributed by atoms with van der Waals surface area (Å²) in [5.74, 6) is 0.826. The number of pyridine rings is 1. The van der Waals surface area contributed by atoms with Gasteiger partial charge in [0.1, 0.15) is 11.4 Å². The number of hydrogen-bond acceptors (Lipinski definition) is 7. The predicted molar refractivity (Wildman–Crippen MR) is 133 cm³/mol. The molecule has 0 spiro atoms. The number of aromatic nitrogens is 1. The monoisotopic (exact) mass is 485 g/mol. The van der Waals surface area contributed by atoms with Crippen LogP contribution in [0.25, 0.3) is 0 Å². The van der Waals surface area contributed by atoms with Gasteiger partial charge in [0, 0.05) is 51.9 Å². The molecule has 3 aliphatic heterocycles. The standard InChI is InChI=1S/C26H39N5O4/c1-26(2,3)35-25(34)31-13-9-19(10-14-31)18-29-11-4-12-30(16-15-29)22-7-5-20(17-27-22)21-6-8-23(32)28-24(21)33/h5,7,17,19,21H,4,6,8-16,18H2,1-3H3,(H,28,32,33). The van der Waals surface area contributed by atoms with Crippen LogP contribution in [0, 0.1) is 5.92 Å². The summed E-state index contributed by atoms with van der Waals surface area (Å²) < 4.78 is 5.52. The van der Waals surface area contributed by atoms with Crippen molar-refractivity contribution in [2.24, 2.45) is 5.92 Å². The molecule has 1 N–H and O–H groups in total. The molecule has 4 rings (SSSR count). The molecule has 1 aromatic heterocycles. The van der Waals surface area contributed by atoms with Crippen molar-refractivity contribution in [2.75, 3.05) is 50.7 Å². The molecule has 0 aromatic carbocycles. The Morgan fingerprint density at radius 2 is 1.83 bits per heavy atom. The third kappa shape index (κ3) is 6.93. The number of anilines is 1. The molecule has 0 aliphatic carbocycles. The van der Waals surface area contributed by atoms with E-state index in [9.17, 15) is 14.4 Å². The van der Waals surface area contributed by atoms with Crippen molar-refractivity contribution in [2.45, 2.75) is 64.4 Å². The lowest BCUT2D eigenvalue weighted by molar-refractivity contribution is -0.134. The highest BCUT2D eigenvalue weighted by Crippen LogP contribution is 2.26. The highest BCUT2D eigenvalue weighted by Gasteiger charge is 2.30. The molecule has 1 aromatic rings. The minimum Gasteiger partial charge on any atom is -0.444 e. The van der Waals surface area contributed by atoms with Gasteiger partial charge in [-0.05, 0) is 70.5 Å². The molecule has 3 aliphatic rings. The molecular weight excluding hydrogens is 446 g/mol. The fourth-order valence-corrected chi connectivity index (χ4v) is 5.17. The number of nitrogens with zero attached hydrogens (tertiary/aromatic N) is 4. The third-order valence-electron chi connectivity index (χ3n) is 7.11. The fourth-order valence-electron chi connectivity index (χ4n) is 5.17. The Kier molecular flexibility index (Phi) is 7.94. The maximum Gasteiger partial charge on any atom is 0.410 e. The van der Waals surface area contributed by atoms with Gasteiger partial charge in [0.2, 0.25) is 11.8 Å². The number of nitrogens with one attached hydrogen (secondary N) is 1. The van der Waals surface area contributed by atoms with E-state index >= 15 is 0 Å². The first-order chi connectivity index (χ1) is 16.7. The van der Waals surface area contributed by atoms with Crippen molar-refractivity contribution in [1.82, 2.24) is 20.1 Å². The van der Waals surface area contributed by atoms with Gasteiger partial charge >= 0.3 is 6.09 Å². The van der Waals surface area contributed by atoms with E-state index in [1.54, 1.807) is 6.20 Å². The number of amides is 3. The number of piperidine rings is 2. The second-order valence-electron chi connectivity index (χ2n) is 11.0. The molecule has 1 atom stereocenters. The largest absolute Gasteiger partial charge is 0.444 e. The van der Waals surface area contributed by atoms with E-state index in [1.807, 2.05) is 37.8 Å². The van der Waals surface area contributed by atoms with Crippen LogP contribution >= 0.6 is 0 Å². The molecule has 3 fully saturated rings. The molecule has 9 nitrogen and oxygen atoms in total. The number of carbonyl (C=O) groups is 3. The van der Waals surface area contributed by atoms with E-state index < -0.39 is 5.60 Å². The highest BCUT2D eigenvalue weighted by molar-refractivity contribution is 6.00. The van der Waals surface area contributed by atoms with Crippen molar-refractivity contribution < 1.29 is 19.1 Å². The molecule has 3 amide bonds. The fraction of sp³-hybridized carbons (Fsp3) is 0.692. The van der Waals surface area contributed by atoms with Gasteiger partial charge in [-0.2, -0.15) is 0 Å². The first-order valence-corrected chi connectivity index (χ1v) is 12.9. The Balaban J connectivity index is 1.23. The summed E-state index contributed by atoms with van der Waals surface area (Å²) in [6.45, 7) is 12.2. The topological polar surface area (TPSA) is 95.1 Å². The molecule has 192 valence electrons. The molecule has 1 unspecified atom stereocenters. The minimum absolute atomic E-state index is 0.196. The lowest BCUT2D eigenvalue weighted by Crippen LogP contribution is -2.44. The Labute approximate surface area is 208 Å². The zero-order valence-corrected chi connectivity index (χ0v) is 21.3. The number of likely N-dealkylation sites (tertiary alicyclic amines) is 1. The first-order valence-electron chi connectivity index (χ1n) is 12.9. The molecule has 9 heteroatoms. The molecule has 0 bridgehead atoms. The van der Waals surface area contributed by atoms with Gasteiger partial charge in [-0.3, -0.25) is 14.9 Å². The number of hydrogen-bond donors (Lipinski definition) is 1. The maximum absolute atomic E-state index is 12.3. The first kappa shape index (κ1) is 25.4. The average Bonchev–Trinajstić information content (AvgIpc) is 3.04. The number of carbonyl (C=O) groups excluding carboxylic acids is 3. The quantitative estimate of drug-likeness (QED) is 0.655.